The molecule has 2 nitrogen and oxygen atoms in total. The second kappa shape index (κ2) is 7.92. The number of halogens is 3. The maximum atomic E-state index is 13.0. The summed E-state index contributed by atoms with van der Waals surface area (Å²) in [5.41, 5.74) is 2.67. The monoisotopic (exact) mass is 404 g/mol. The van der Waals surface area contributed by atoms with Crippen molar-refractivity contribution in [2.45, 2.75) is 71.3 Å². The molecule has 1 aliphatic heterocycles. The van der Waals surface area contributed by atoms with Crippen molar-refractivity contribution in [1.82, 2.24) is 0 Å². The van der Waals surface area contributed by atoms with Gasteiger partial charge in [-0.1, -0.05) is 38.1 Å². The Balaban J connectivity index is 2.06. The van der Waals surface area contributed by atoms with Crippen LogP contribution in [0.3, 0.4) is 0 Å². The number of hydrogen-bond acceptors (Lipinski definition) is 2. The summed E-state index contributed by atoms with van der Waals surface area (Å²) in [4.78, 5) is 4.88. The minimum Gasteiger partial charge on any atom is -0.363 e. The summed E-state index contributed by atoms with van der Waals surface area (Å²) < 4.78 is 39.0. The summed E-state index contributed by atoms with van der Waals surface area (Å²) in [5.74, 6) is 0. The summed E-state index contributed by atoms with van der Waals surface area (Å²) in [6, 6.07) is 14.4. The quantitative estimate of drug-likeness (QED) is 0.538. The van der Waals surface area contributed by atoms with Crippen LogP contribution in [0, 0.1) is 0 Å². The predicted octanol–water partition coefficient (Wildman–Crippen LogP) is 7.06. The molecule has 0 radical (unpaired) electrons. The van der Waals surface area contributed by atoms with E-state index in [1.54, 1.807) is 12.1 Å². The van der Waals surface area contributed by atoms with Gasteiger partial charge in [0, 0.05) is 18.1 Å². The molecule has 0 bridgehead atoms. The number of para-hydroxylation sites is 2. The minimum absolute atomic E-state index is 0.00825. The highest BCUT2D eigenvalue weighted by atomic mass is 19.4. The van der Waals surface area contributed by atoms with Gasteiger partial charge >= 0.3 is 6.18 Å². The average Bonchev–Trinajstić information content (AvgIpc) is 2.67. The molecule has 0 aliphatic carbocycles. The predicted molar refractivity (Wildman–Crippen MR) is 115 cm³/mol. The van der Waals surface area contributed by atoms with Gasteiger partial charge in [-0.2, -0.15) is 13.2 Å². The van der Waals surface area contributed by atoms with Crippen LogP contribution in [-0.2, 0) is 6.18 Å². The van der Waals surface area contributed by atoms with E-state index in [0.717, 1.165) is 30.6 Å². The van der Waals surface area contributed by atoms with Crippen LogP contribution in [0.2, 0.25) is 0 Å². The van der Waals surface area contributed by atoms with Crippen LogP contribution in [0.15, 0.2) is 48.5 Å². The molecule has 158 valence electrons. The summed E-state index contributed by atoms with van der Waals surface area (Å²) in [6.45, 7) is 11.9. The highest BCUT2D eigenvalue weighted by Crippen LogP contribution is 2.44. The number of nitrogens with zero attached hydrogens (tertiary/aromatic N) is 2. The maximum absolute atomic E-state index is 13.0. The molecule has 2 aromatic carbocycles. The molecule has 0 aromatic heterocycles. The lowest BCUT2D eigenvalue weighted by molar-refractivity contribution is -0.137. The fourth-order valence-electron chi connectivity index (χ4n) is 4.38. The van der Waals surface area contributed by atoms with Gasteiger partial charge in [-0.25, -0.2) is 0 Å². The number of hydrogen-bond donors (Lipinski definition) is 0. The summed E-state index contributed by atoms with van der Waals surface area (Å²) in [7, 11) is 0. The van der Waals surface area contributed by atoms with Gasteiger partial charge < -0.3 is 9.80 Å². The molecule has 3 rings (SSSR count). The van der Waals surface area contributed by atoms with Crippen LogP contribution in [0.4, 0.5) is 24.5 Å². The van der Waals surface area contributed by atoms with E-state index in [0.29, 0.717) is 0 Å². The maximum Gasteiger partial charge on any atom is 0.416 e. The SMILES string of the molecule is CC[C@@H]1CN(C(C)(C)C)c2ccccc2N1[C@@H](CC)c1ccc(C(F)(F)F)cc1. The Morgan fingerprint density at radius 1 is 0.931 bits per heavy atom. The third-order valence-corrected chi connectivity index (χ3v) is 5.86. The van der Waals surface area contributed by atoms with Crippen molar-refractivity contribution in [2.75, 3.05) is 16.3 Å². The number of benzene rings is 2. The smallest absolute Gasteiger partial charge is 0.363 e. The first-order chi connectivity index (χ1) is 13.6. The van der Waals surface area contributed by atoms with Crippen molar-refractivity contribution >= 4 is 11.4 Å². The fraction of sp³-hybridized carbons (Fsp3) is 0.500. The Kier molecular flexibility index (Phi) is 5.88. The average molecular weight is 405 g/mol. The third kappa shape index (κ3) is 4.24. The zero-order valence-electron chi connectivity index (χ0n) is 17.9. The van der Waals surface area contributed by atoms with Crippen molar-refractivity contribution in [2.24, 2.45) is 0 Å². The number of rotatable bonds is 4. The van der Waals surface area contributed by atoms with E-state index in [4.69, 9.17) is 0 Å². The second-order valence-corrected chi connectivity index (χ2v) is 8.78. The first-order valence-electron chi connectivity index (χ1n) is 10.4. The minimum atomic E-state index is -4.31. The summed E-state index contributed by atoms with van der Waals surface area (Å²) >= 11 is 0. The van der Waals surface area contributed by atoms with Crippen molar-refractivity contribution in [3.05, 3.63) is 59.7 Å². The molecule has 0 unspecified atom stereocenters. The molecule has 2 atom stereocenters. The van der Waals surface area contributed by atoms with Crippen molar-refractivity contribution < 1.29 is 13.2 Å². The molecular weight excluding hydrogens is 373 g/mol. The van der Waals surface area contributed by atoms with Crippen molar-refractivity contribution in [3.8, 4) is 0 Å². The summed E-state index contributed by atoms with van der Waals surface area (Å²) in [6.07, 6.45) is -2.51. The van der Waals surface area contributed by atoms with Crippen molar-refractivity contribution in [1.29, 1.82) is 0 Å². The van der Waals surface area contributed by atoms with E-state index < -0.39 is 11.7 Å². The van der Waals surface area contributed by atoms with Gasteiger partial charge in [-0.15, -0.1) is 0 Å². The molecule has 2 aromatic rings. The van der Waals surface area contributed by atoms with E-state index in [2.05, 4.69) is 62.6 Å². The molecule has 29 heavy (non-hydrogen) atoms. The molecule has 1 aliphatic rings. The van der Waals surface area contributed by atoms with E-state index in [1.807, 2.05) is 6.07 Å². The largest absolute Gasteiger partial charge is 0.416 e. The first kappa shape index (κ1) is 21.5. The number of alkyl halides is 3. The van der Waals surface area contributed by atoms with Crippen LogP contribution >= 0.6 is 0 Å². The van der Waals surface area contributed by atoms with Crippen LogP contribution in [-0.4, -0.2) is 18.1 Å². The lowest BCUT2D eigenvalue weighted by Crippen LogP contribution is -2.55. The summed E-state index contributed by atoms with van der Waals surface area (Å²) in [5, 5.41) is 0. The van der Waals surface area contributed by atoms with E-state index in [1.165, 1.54) is 17.8 Å². The van der Waals surface area contributed by atoms with Crippen LogP contribution in [0.1, 0.15) is 64.6 Å². The van der Waals surface area contributed by atoms with E-state index in [-0.39, 0.29) is 17.6 Å². The van der Waals surface area contributed by atoms with E-state index in [9.17, 15) is 13.2 Å². The van der Waals surface area contributed by atoms with Gasteiger partial charge in [0.2, 0.25) is 0 Å². The van der Waals surface area contributed by atoms with E-state index >= 15 is 0 Å². The second-order valence-electron chi connectivity index (χ2n) is 8.78. The van der Waals surface area contributed by atoms with Gasteiger partial charge in [0.1, 0.15) is 0 Å². The normalized spacial score (nSPS) is 18.6. The lowest BCUT2D eigenvalue weighted by Gasteiger charge is -2.52. The standard InChI is InChI=1S/C24H31F3N2/c1-6-19-16-28(23(3,4)5)21-10-8-9-11-22(21)29(19)20(7-2)17-12-14-18(15-13-17)24(25,26)27/h8-15,19-20H,6-7,16H2,1-5H3/t19-,20+/m1/s1. The zero-order valence-corrected chi connectivity index (χ0v) is 17.9. The fourth-order valence-corrected chi connectivity index (χ4v) is 4.38. The Hall–Kier alpha value is -2.17. The van der Waals surface area contributed by atoms with Crippen molar-refractivity contribution in [3.63, 3.8) is 0 Å². The highest BCUT2D eigenvalue weighted by Gasteiger charge is 2.38. The number of fused-ring (bicyclic) bond motifs is 1. The number of anilines is 2. The Morgan fingerprint density at radius 3 is 2.00 bits per heavy atom. The molecule has 0 spiro atoms. The molecular formula is C24H31F3N2. The lowest BCUT2D eigenvalue weighted by atomic mass is 9.92. The molecule has 0 fully saturated rings. The Bertz CT molecular complexity index is 821. The zero-order chi connectivity index (χ0) is 21.4. The van der Waals surface area contributed by atoms with Gasteiger partial charge in [0.15, 0.2) is 0 Å². The van der Waals surface area contributed by atoms with Crippen LogP contribution in [0.5, 0.6) is 0 Å². The molecule has 0 saturated heterocycles. The molecule has 5 heteroatoms. The van der Waals surface area contributed by atoms with Gasteiger partial charge in [0.25, 0.3) is 0 Å². The molecule has 0 N–H and O–H groups in total. The van der Waals surface area contributed by atoms with Gasteiger partial charge in [-0.05, 0) is 63.4 Å². The Labute approximate surface area is 172 Å². The molecule has 1 heterocycles. The molecule has 0 amide bonds. The van der Waals surface area contributed by atoms with Crippen LogP contribution < -0.4 is 9.80 Å². The van der Waals surface area contributed by atoms with Crippen LogP contribution in [0.25, 0.3) is 0 Å². The third-order valence-electron chi connectivity index (χ3n) is 5.86. The highest BCUT2D eigenvalue weighted by molar-refractivity contribution is 5.75. The first-order valence-corrected chi connectivity index (χ1v) is 10.4. The topological polar surface area (TPSA) is 6.48 Å². The van der Waals surface area contributed by atoms with Gasteiger partial charge in [0.05, 0.1) is 23.0 Å². The van der Waals surface area contributed by atoms with Gasteiger partial charge in [-0.3, -0.25) is 0 Å². The molecule has 0 saturated carbocycles. The Morgan fingerprint density at radius 2 is 1.52 bits per heavy atom.